The summed E-state index contributed by atoms with van der Waals surface area (Å²) in [4.78, 5) is 0. The zero-order valence-electron chi connectivity index (χ0n) is 11.6. The summed E-state index contributed by atoms with van der Waals surface area (Å²) in [6.07, 6.45) is -3.64. The topological polar surface area (TPSA) is 123 Å². The molecule has 1 fully saturated rings. The zero-order chi connectivity index (χ0) is 15.3. The fraction of sp³-hybridized carbons (Fsp3) is 0.917. The van der Waals surface area contributed by atoms with E-state index < -0.39 is 36.5 Å². The van der Waals surface area contributed by atoms with E-state index >= 15 is 0 Å². The molecule has 1 unspecified atom stereocenters. The Morgan fingerprint density at radius 3 is 2.40 bits per heavy atom. The maximum Gasteiger partial charge on any atom is 0.138 e. The molecule has 1 heterocycles. The molecular weight excluding hydrogens is 286 g/mol. The van der Waals surface area contributed by atoms with Gasteiger partial charge in [-0.15, -0.1) is 0 Å². The van der Waals surface area contributed by atoms with Crippen LogP contribution in [0.1, 0.15) is 26.7 Å². The van der Waals surface area contributed by atoms with E-state index in [2.05, 4.69) is 5.16 Å². The van der Waals surface area contributed by atoms with Gasteiger partial charge in [-0.1, -0.05) is 37.2 Å². The first-order chi connectivity index (χ1) is 9.44. The van der Waals surface area contributed by atoms with Gasteiger partial charge in [0, 0.05) is 6.42 Å². The van der Waals surface area contributed by atoms with Crippen molar-refractivity contribution in [3.8, 4) is 0 Å². The Hall–Kier alpha value is -0.380. The lowest BCUT2D eigenvalue weighted by Gasteiger charge is -2.39. The molecule has 5 N–H and O–H groups in total. The molecule has 0 bridgehead atoms. The van der Waals surface area contributed by atoms with E-state index in [4.69, 9.17) is 15.1 Å². The molecule has 118 valence electrons. The van der Waals surface area contributed by atoms with Gasteiger partial charge in [-0.05, 0) is 5.92 Å². The molecule has 7 nitrogen and oxygen atoms in total. The van der Waals surface area contributed by atoms with Crippen molar-refractivity contribution in [2.75, 3.05) is 6.61 Å². The second-order valence-corrected chi connectivity index (χ2v) is 6.20. The van der Waals surface area contributed by atoms with E-state index in [9.17, 15) is 15.3 Å². The summed E-state index contributed by atoms with van der Waals surface area (Å²) in [7, 11) is 0. The fourth-order valence-corrected chi connectivity index (χ4v) is 3.05. The van der Waals surface area contributed by atoms with Crippen molar-refractivity contribution < 1.29 is 30.4 Å². The van der Waals surface area contributed by atoms with Gasteiger partial charge in [0.15, 0.2) is 0 Å². The number of rotatable bonds is 5. The number of ether oxygens (including phenoxy) is 1. The van der Waals surface area contributed by atoms with Crippen molar-refractivity contribution >= 4 is 16.8 Å². The van der Waals surface area contributed by atoms with Gasteiger partial charge in [-0.2, -0.15) is 0 Å². The van der Waals surface area contributed by atoms with E-state index in [1.807, 2.05) is 13.8 Å². The Balaban J connectivity index is 2.69. The van der Waals surface area contributed by atoms with Gasteiger partial charge < -0.3 is 30.4 Å². The summed E-state index contributed by atoms with van der Waals surface area (Å²) < 4.78 is 5.34. The van der Waals surface area contributed by atoms with E-state index in [0.717, 1.165) is 18.2 Å². The van der Waals surface area contributed by atoms with Crippen LogP contribution in [0.2, 0.25) is 0 Å². The van der Waals surface area contributed by atoms with Crippen molar-refractivity contribution in [1.29, 1.82) is 0 Å². The summed E-state index contributed by atoms with van der Waals surface area (Å²) in [6, 6.07) is 0. The number of thioether (sulfide) groups is 1. The minimum atomic E-state index is -1.41. The second-order valence-electron chi connectivity index (χ2n) is 5.03. The molecule has 0 aromatic carbocycles. The first kappa shape index (κ1) is 17.7. The minimum Gasteiger partial charge on any atom is -0.410 e. The highest BCUT2D eigenvalue weighted by Crippen LogP contribution is 2.31. The van der Waals surface area contributed by atoms with Gasteiger partial charge >= 0.3 is 0 Å². The fourth-order valence-electron chi connectivity index (χ4n) is 1.85. The lowest BCUT2D eigenvalue weighted by atomic mass is 10.0. The maximum absolute atomic E-state index is 9.88. The number of hydrogen-bond donors (Lipinski definition) is 5. The van der Waals surface area contributed by atoms with Gasteiger partial charge in [0.25, 0.3) is 0 Å². The van der Waals surface area contributed by atoms with Crippen LogP contribution in [0.4, 0.5) is 0 Å². The highest BCUT2D eigenvalue weighted by atomic mass is 32.2. The average molecular weight is 309 g/mol. The van der Waals surface area contributed by atoms with E-state index in [1.165, 1.54) is 0 Å². The Morgan fingerprint density at radius 2 is 1.90 bits per heavy atom. The molecule has 0 aromatic rings. The number of aliphatic hydroxyl groups excluding tert-OH is 4. The molecule has 0 aliphatic carbocycles. The van der Waals surface area contributed by atoms with Crippen LogP contribution in [0.5, 0.6) is 0 Å². The van der Waals surface area contributed by atoms with Crippen molar-refractivity contribution in [2.45, 2.75) is 56.5 Å². The van der Waals surface area contributed by atoms with E-state index in [-0.39, 0.29) is 0 Å². The highest BCUT2D eigenvalue weighted by Gasteiger charge is 2.44. The summed E-state index contributed by atoms with van der Waals surface area (Å²) >= 11 is 0.988. The normalized spacial score (nSPS) is 36.9. The van der Waals surface area contributed by atoms with Gasteiger partial charge in [0.2, 0.25) is 0 Å². The molecule has 0 radical (unpaired) electrons. The minimum absolute atomic E-state index is 0.304. The summed E-state index contributed by atoms with van der Waals surface area (Å²) in [5.74, 6) is 0.304. The molecule has 1 aliphatic heterocycles. The van der Waals surface area contributed by atoms with Gasteiger partial charge in [0.05, 0.1) is 6.61 Å². The highest BCUT2D eigenvalue weighted by molar-refractivity contribution is 8.14. The predicted octanol–water partition coefficient (Wildman–Crippen LogP) is -0.257. The van der Waals surface area contributed by atoms with Crippen LogP contribution < -0.4 is 0 Å². The number of nitrogens with zero attached hydrogens (tertiary/aromatic N) is 1. The third kappa shape index (κ3) is 4.31. The molecule has 0 amide bonds. The largest absolute Gasteiger partial charge is 0.410 e. The molecule has 1 saturated heterocycles. The van der Waals surface area contributed by atoms with Crippen LogP contribution in [-0.2, 0) is 4.74 Å². The standard InChI is InChI=1S/C12H23NO6S/c1-3-6(2)4-8(13-18)20-12-11(17)10(16)9(15)7(5-14)19-12/h6-7,9-12,14-18H,3-5H2,1-2H3/b13-8+/t6?,7-,9-,10+,11-,12+/m1/s1. The number of oxime groups is 1. The van der Waals surface area contributed by atoms with Crippen molar-refractivity contribution in [3.63, 3.8) is 0 Å². The smallest absolute Gasteiger partial charge is 0.138 e. The zero-order valence-corrected chi connectivity index (χ0v) is 12.4. The molecule has 0 spiro atoms. The molecule has 1 aliphatic rings. The molecule has 20 heavy (non-hydrogen) atoms. The molecular formula is C12H23NO6S. The van der Waals surface area contributed by atoms with E-state index in [1.54, 1.807) is 0 Å². The first-order valence-electron chi connectivity index (χ1n) is 6.62. The van der Waals surface area contributed by atoms with Crippen LogP contribution in [0.15, 0.2) is 5.16 Å². The van der Waals surface area contributed by atoms with Crippen LogP contribution in [0.3, 0.4) is 0 Å². The predicted molar refractivity (Wildman–Crippen MR) is 74.7 cm³/mol. The van der Waals surface area contributed by atoms with Crippen molar-refractivity contribution in [2.24, 2.45) is 11.1 Å². The first-order valence-corrected chi connectivity index (χ1v) is 7.50. The van der Waals surface area contributed by atoms with Crippen LogP contribution >= 0.6 is 11.8 Å². The Morgan fingerprint density at radius 1 is 1.25 bits per heavy atom. The van der Waals surface area contributed by atoms with Gasteiger partial charge in [0.1, 0.15) is 34.9 Å². The molecule has 0 aromatic heterocycles. The molecule has 8 heteroatoms. The van der Waals surface area contributed by atoms with E-state index in [0.29, 0.717) is 17.4 Å². The monoisotopic (exact) mass is 309 g/mol. The average Bonchev–Trinajstić information content (AvgIpc) is 2.46. The third-order valence-electron chi connectivity index (χ3n) is 3.43. The van der Waals surface area contributed by atoms with Crippen LogP contribution in [-0.4, -0.2) is 67.1 Å². The molecule has 1 rings (SSSR count). The van der Waals surface area contributed by atoms with Crippen LogP contribution in [0, 0.1) is 5.92 Å². The summed E-state index contributed by atoms with van der Waals surface area (Å²) in [5, 5.41) is 50.9. The Bertz CT molecular complexity index is 327. The second kappa shape index (κ2) is 8.16. The third-order valence-corrected chi connectivity index (χ3v) is 4.57. The van der Waals surface area contributed by atoms with Crippen molar-refractivity contribution in [3.05, 3.63) is 0 Å². The Kier molecular flexibility index (Phi) is 7.21. The SMILES string of the molecule is CCC(C)C/C(=N\O)S[C@@H]1O[C@H](CO)[C@@H](O)[C@H](O)[C@H]1O. The number of aliphatic hydroxyl groups is 4. The maximum atomic E-state index is 9.88. The Labute approximate surface area is 122 Å². The van der Waals surface area contributed by atoms with Crippen molar-refractivity contribution in [1.82, 2.24) is 0 Å². The quantitative estimate of drug-likeness (QED) is 0.205. The summed E-state index contributed by atoms with van der Waals surface area (Å²) in [5.41, 5.74) is -0.902. The summed E-state index contributed by atoms with van der Waals surface area (Å²) in [6.45, 7) is 3.54. The van der Waals surface area contributed by atoms with Crippen LogP contribution in [0.25, 0.3) is 0 Å². The lowest BCUT2D eigenvalue weighted by molar-refractivity contribution is -0.205. The lowest BCUT2D eigenvalue weighted by Crippen LogP contribution is -2.57. The number of hydrogen-bond acceptors (Lipinski definition) is 8. The van der Waals surface area contributed by atoms with Gasteiger partial charge in [-0.25, -0.2) is 0 Å². The molecule has 6 atom stereocenters. The molecule has 0 saturated carbocycles. The van der Waals surface area contributed by atoms with Gasteiger partial charge in [-0.3, -0.25) is 0 Å².